The van der Waals surface area contributed by atoms with Gasteiger partial charge in [-0.3, -0.25) is 4.57 Å². The van der Waals surface area contributed by atoms with Crippen LogP contribution in [0.4, 0.5) is 0 Å². The number of hydrogen-bond acceptors (Lipinski definition) is 7. The van der Waals surface area contributed by atoms with Gasteiger partial charge in [0.25, 0.3) is 0 Å². The van der Waals surface area contributed by atoms with E-state index in [9.17, 15) is 15.5 Å². The second kappa shape index (κ2) is 8.53. The number of rotatable bonds is 3. The molecule has 0 aliphatic heterocycles. The fraction of sp³-hybridized carbons (Fsp3) is 0.333. The van der Waals surface area contributed by atoms with Gasteiger partial charge >= 0.3 is 0 Å². The molecule has 0 aromatic carbocycles. The number of methoxy groups -OCH3 is 1. The molecule has 2 aromatic rings. The highest BCUT2D eigenvalue weighted by Gasteiger charge is 2.21. The van der Waals surface area contributed by atoms with Crippen LogP contribution < -0.4 is 10.8 Å². The summed E-state index contributed by atoms with van der Waals surface area (Å²) in [6, 6.07) is 3.80. The van der Waals surface area contributed by atoms with Gasteiger partial charge in [0.1, 0.15) is 16.6 Å². The van der Waals surface area contributed by atoms with Crippen molar-refractivity contribution in [2.24, 2.45) is 0 Å². The third-order valence-corrected chi connectivity index (χ3v) is 6.68. The summed E-state index contributed by atoms with van der Waals surface area (Å²) in [7, 11) is 1.46. The van der Waals surface area contributed by atoms with E-state index in [-0.39, 0.29) is 17.6 Å². The zero-order valence-electron chi connectivity index (χ0n) is 16.4. The normalized spacial score (nSPS) is 19.8. The van der Waals surface area contributed by atoms with E-state index in [2.05, 4.69) is 0 Å². The third-order valence-electron chi connectivity index (χ3n) is 5.34. The molecule has 0 saturated heterocycles. The molecular weight excluding hydrogens is 424 g/mol. The first-order valence-corrected chi connectivity index (χ1v) is 10.9. The van der Waals surface area contributed by atoms with Gasteiger partial charge in [-0.25, -0.2) is 0 Å². The first kappa shape index (κ1) is 20.5. The van der Waals surface area contributed by atoms with Crippen molar-refractivity contribution < 1.29 is 19.2 Å². The smallest absolute Gasteiger partial charge is 0.226 e. The monoisotopic (exact) mass is 445 g/mol. The topological polar surface area (TPSA) is 96.7 Å². The lowest BCUT2D eigenvalue weighted by molar-refractivity contribution is -0.377. The van der Waals surface area contributed by atoms with Gasteiger partial charge in [0.2, 0.25) is 11.6 Å². The lowest BCUT2D eigenvalue weighted by Gasteiger charge is -2.23. The highest BCUT2D eigenvalue weighted by Crippen LogP contribution is 2.36. The molecule has 2 heterocycles. The van der Waals surface area contributed by atoms with Crippen LogP contribution in [-0.2, 0) is 4.74 Å². The number of ether oxygens (including phenoxy) is 1. The second-order valence-corrected chi connectivity index (χ2v) is 8.88. The Morgan fingerprint density at radius 1 is 1.27 bits per heavy atom. The van der Waals surface area contributed by atoms with Crippen molar-refractivity contribution in [2.75, 3.05) is 7.11 Å². The standard InChI is InChI=1S/C21H21N2O5S2/c1-27-18-11-14(23(25)26)7-9-16(18)17-10-8-15(28-17)12-19-20(24)22(21(29)30-19)13-5-3-2-4-6-13/h7-13H,2-6H2,1H3,(H-,24,25,26)/q-1. The Kier molecular flexibility index (Phi) is 5.83. The summed E-state index contributed by atoms with van der Waals surface area (Å²) in [4.78, 5) is 0.184. The van der Waals surface area contributed by atoms with Gasteiger partial charge in [0.15, 0.2) is 3.95 Å². The van der Waals surface area contributed by atoms with Crippen molar-refractivity contribution in [3.8, 4) is 5.88 Å². The highest BCUT2D eigenvalue weighted by atomic mass is 32.1. The Bertz CT molecular complexity index is 1220. The number of thiazole rings is 1. The average molecular weight is 446 g/mol. The molecule has 0 amide bonds. The molecule has 30 heavy (non-hydrogen) atoms. The third kappa shape index (κ3) is 3.95. The van der Waals surface area contributed by atoms with Crippen LogP contribution in [0.2, 0.25) is 0 Å². The van der Waals surface area contributed by atoms with Crippen LogP contribution >= 0.6 is 23.6 Å². The summed E-state index contributed by atoms with van der Waals surface area (Å²) in [6.07, 6.45) is 11.7. The summed E-state index contributed by atoms with van der Waals surface area (Å²) < 4.78 is 13.7. The Morgan fingerprint density at radius 2 is 2.03 bits per heavy atom. The van der Waals surface area contributed by atoms with Crippen molar-refractivity contribution in [1.29, 1.82) is 0 Å². The summed E-state index contributed by atoms with van der Waals surface area (Å²) in [5.41, 5.74) is 1.62. The minimum Gasteiger partial charge on any atom is -0.612 e. The largest absolute Gasteiger partial charge is 0.612 e. The number of aromatic nitrogens is 1. The van der Waals surface area contributed by atoms with Gasteiger partial charge in [0.05, 0.1) is 23.6 Å². The lowest BCUT2D eigenvalue weighted by Crippen LogP contribution is -2.14. The van der Waals surface area contributed by atoms with Crippen LogP contribution in [0.1, 0.15) is 43.0 Å². The van der Waals surface area contributed by atoms with Gasteiger partial charge in [-0.1, -0.05) is 19.3 Å². The number of hydrogen-bond donors (Lipinski definition) is 1. The second-order valence-electron chi connectivity index (χ2n) is 7.21. The average Bonchev–Trinajstić information content (AvgIpc) is 3.32. The van der Waals surface area contributed by atoms with Crippen LogP contribution in [0.25, 0.3) is 11.6 Å². The molecule has 2 aromatic heterocycles. The Labute approximate surface area is 182 Å². The van der Waals surface area contributed by atoms with Gasteiger partial charge in [-0.05, 0) is 43.3 Å². The van der Waals surface area contributed by atoms with Crippen molar-refractivity contribution in [3.05, 3.63) is 66.2 Å². The first-order valence-electron chi connectivity index (χ1n) is 9.69. The van der Waals surface area contributed by atoms with Crippen LogP contribution in [0, 0.1) is 14.4 Å². The first-order chi connectivity index (χ1) is 14.5. The van der Waals surface area contributed by atoms with Crippen molar-refractivity contribution in [1.82, 2.24) is 4.57 Å². The summed E-state index contributed by atoms with van der Waals surface area (Å²) in [5, 5.41) is 32.7. The van der Waals surface area contributed by atoms with Crippen molar-refractivity contribution >= 4 is 40.9 Å². The van der Waals surface area contributed by atoms with E-state index < -0.39 is 4.90 Å². The van der Waals surface area contributed by atoms with E-state index in [4.69, 9.17) is 21.4 Å². The quantitative estimate of drug-likeness (QED) is 0.440. The summed E-state index contributed by atoms with van der Waals surface area (Å²) >= 11 is 6.86. The fourth-order valence-corrected chi connectivity index (χ4v) is 5.24. The Morgan fingerprint density at radius 3 is 2.73 bits per heavy atom. The van der Waals surface area contributed by atoms with E-state index in [1.807, 2.05) is 4.57 Å². The fourth-order valence-electron chi connectivity index (χ4n) is 3.85. The van der Waals surface area contributed by atoms with Crippen LogP contribution in [0.15, 0.2) is 40.5 Å². The van der Waals surface area contributed by atoms with Gasteiger partial charge < -0.3 is 24.7 Å². The molecule has 0 bridgehead atoms. The minimum absolute atomic E-state index is 0.0531. The molecule has 158 valence electrons. The molecule has 2 aliphatic rings. The molecule has 2 aliphatic carbocycles. The molecule has 1 fully saturated rings. The molecule has 4 rings (SSSR count). The molecular formula is C21H21N2O5S2-. The van der Waals surface area contributed by atoms with E-state index >= 15 is 0 Å². The van der Waals surface area contributed by atoms with E-state index in [0.717, 1.165) is 25.7 Å². The Hall–Kier alpha value is -2.78. The SMILES string of the molecule is COC1=CC(=[N+]([O-])[O-])C=CC1=c1ccc(=Cc2sc(=S)n(C3CCCCC3)c2O)o1. The molecule has 0 spiro atoms. The van der Waals surface area contributed by atoms with E-state index in [0.29, 0.717) is 31.0 Å². The minimum atomic E-state index is -0.471. The number of furan rings is 1. The molecule has 0 radical (unpaired) electrons. The van der Waals surface area contributed by atoms with Crippen molar-refractivity contribution in [2.45, 2.75) is 38.1 Å². The van der Waals surface area contributed by atoms with Crippen LogP contribution in [-0.4, -0.2) is 27.4 Å². The van der Waals surface area contributed by atoms with Crippen LogP contribution in [0.3, 0.4) is 0 Å². The summed E-state index contributed by atoms with van der Waals surface area (Å²) in [5.74, 6) is 0.537. The van der Waals surface area contributed by atoms with Crippen molar-refractivity contribution in [3.63, 3.8) is 0 Å². The molecule has 1 saturated carbocycles. The maximum atomic E-state index is 11.0. The predicted molar refractivity (Wildman–Crippen MR) is 118 cm³/mol. The zero-order valence-corrected chi connectivity index (χ0v) is 18.0. The van der Waals surface area contributed by atoms with Gasteiger partial charge in [-0.15, -0.1) is 11.3 Å². The van der Waals surface area contributed by atoms with Gasteiger partial charge in [0, 0.05) is 18.2 Å². The predicted octanol–water partition coefficient (Wildman–Crippen LogP) is 3.61. The number of nitrogens with zero attached hydrogens (tertiary/aromatic N) is 2. The van der Waals surface area contributed by atoms with E-state index in [1.54, 1.807) is 24.3 Å². The maximum Gasteiger partial charge on any atom is 0.226 e. The number of aromatic hydroxyl groups is 1. The van der Waals surface area contributed by atoms with Gasteiger partial charge in [-0.2, -0.15) is 4.90 Å². The molecule has 9 heteroatoms. The lowest BCUT2D eigenvalue weighted by atomic mass is 9.95. The summed E-state index contributed by atoms with van der Waals surface area (Å²) in [6.45, 7) is 0. The highest BCUT2D eigenvalue weighted by molar-refractivity contribution is 7.73. The number of allylic oxidation sites excluding steroid dienone is 3. The van der Waals surface area contributed by atoms with Crippen LogP contribution in [0.5, 0.6) is 5.88 Å². The molecule has 0 unspecified atom stereocenters. The molecule has 0 atom stereocenters. The van der Waals surface area contributed by atoms with E-state index in [1.165, 1.54) is 37.0 Å². The molecule has 7 nitrogen and oxygen atoms in total. The zero-order chi connectivity index (χ0) is 21.3. The Balaban J connectivity index is 1.73. The maximum absolute atomic E-state index is 11.0. The molecule has 1 N–H and O–H groups in total.